The Bertz CT molecular complexity index is 4320. The molecule has 10 saturated heterocycles. The van der Waals surface area contributed by atoms with Crippen molar-refractivity contribution in [2.45, 2.75) is 291 Å². The van der Waals surface area contributed by atoms with Gasteiger partial charge in [-0.3, -0.25) is 19.1 Å². The van der Waals surface area contributed by atoms with Crippen molar-refractivity contribution >= 4 is 98.5 Å². The zero-order chi connectivity index (χ0) is 89.7. The first-order valence-electron chi connectivity index (χ1n) is 43.9. The van der Waals surface area contributed by atoms with Gasteiger partial charge in [0.1, 0.15) is 28.7 Å². The molecule has 3 amide bonds. The molecule has 15 heterocycles. The molecular formula is C86H138B5N15O17. The van der Waals surface area contributed by atoms with Crippen molar-refractivity contribution in [1.82, 2.24) is 59.8 Å². The van der Waals surface area contributed by atoms with Gasteiger partial charge in [-0.1, -0.05) is 18.2 Å². The number of likely N-dealkylation sites (N-methyl/N-ethyl adjacent to an activating group) is 1. The topological polar surface area (TPSA) is 298 Å². The van der Waals surface area contributed by atoms with Gasteiger partial charge in [-0.15, -0.1) is 0 Å². The summed E-state index contributed by atoms with van der Waals surface area (Å²) >= 11 is 0. The summed E-state index contributed by atoms with van der Waals surface area (Å²) in [5.74, 6) is 2.92. The third kappa shape index (κ3) is 23.1. The Morgan fingerprint density at radius 1 is 0.455 bits per heavy atom. The zero-order valence-corrected chi connectivity index (χ0v) is 78.4. The zero-order valence-electron chi connectivity index (χ0n) is 78.4. The number of nitrogens with zero attached hydrogens (tertiary/aromatic N) is 13. The lowest BCUT2D eigenvalue weighted by molar-refractivity contribution is -0.120. The fraction of sp³-hybridized carbons (Fsp3) is 0.721. The Labute approximate surface area is 731 Å². The molecule has 5 aromatic rings. The molecule has 37 heteroatoms. The van der Waals surface area contributed by atoms with Gasteiger partial charge in [-0.05, 0) is 218 Å². The number of morpholine rings is 2. The lowest BCUT2D eigenvalue weighted by atomic mass is 9.80. The first-order valence-corrected chi connectivity index (χ1v) is 43.9. The molecule has 1 spiro atoms. The number of nitrogens with one attached hydrogen (secondary N) is 2. The highest BCUT2D eigenvalue weighted by atomic mass is 16.7. The summed E-state index contributed by atoms with van der Waals surface area (Å²) in [7, 11) is 0.189. The average molecular weight is 1710 g/mol. The first kappa shape index (κ1) is 95.2. The van der Waals surface area contributed by atoms with Crippen LogP contribution in [0.5, 0.6) is 0 Å². The SMILES string of the molecule is CC(C)(C)OC(=O)N1CCOC(Cn2cc(B3OC(C)(C)C(C)(C)O3)cn2)C1.CC(C)(C)OC(=O)N1CCOCC1Cn1cc(B2OC(C)(C)C(C)(C)O2)cn1.CC1(C)OB(c2ccc(N3CCNC(=O)C3)nc2)OC1(C)C.CC1(C)OB(c2ccc(N3CCNC4(CC4)C3)nc2)OC1(C)C.CN1CCN(c2ccc(B3OC(C)(C)C(C)(C)O3)cn2)CC1. The molecule has 2 atom stereocenters. The molecule has 0 aromatic carbocycles. The summed E-state index contributed by atoms with van der Waals surface area (Å²) in [4.78, 5) is 62.5. The van der Waals surface area contributed by atoms with E-state index in [2.05, 4.69) is 137 Å². The predicted octanol–water partition coefficient (Wildman–Crippen LogP) is 6.41. The first-order chi connectivity index (χ1) is 57.1. The van der Waals surface area contributed by atoms with E-state index < -0.39 is 43.8 Å². The number of anilines is 3. The Morgan fingerprint density at radius 2 is 0.846 bits per heavy atom. The van der Waals surface area contributed by atoms with E-state index >= 15 is 0 Å². The Hall–Kier alpha value is -6.96. The van der Waals surface area contributed by atoms with E-state index in [1.54, 1.807) is 33.1 Å². The minimum atomic E-state index is -0.532. The van der Waals surface area contributed by atoms with Gasteiger partial charge in [-0.2, -0.15) is 10.2 Å². The van der Waals surface area contributed by atoms with Crippen molar-refractivity contribution in [1.29, 1.82) is 0 Å². The van der Waals surface area contributed by atoms with Crippen molar-refractivity contribution in [2.24, 2.45) is 0 Å². The average Bonchev–Trinajstić information content (AvgIpc) is 1.64. The van der Waals surface area contributed by atoms with Gasteiger partial charge in [0.05, 0.1) is 114 Å². The third-order valence-electron chi connectivity index (χ3n) is 26.4. The number of amides is 3. The van der Waals surface area contributed by atoms with Gasteiger partial charge in [0.2, 0.25) is 5.91 Å². The number of carbonyl (C=O) groups excluding carboxylic acids is 3. The van der Waals surface area contributed by atoms with Crippen molar-refractivity contribution in [3.8, 4) is 0 Å². The molecule has 16 rings (SSSR count). The highest BCUT2D eigenvalue weighted by Crippen LogP contribution is 2.43. The maximum Gasteiger partial charge on any atom is 0.498 e. The maximum absolute atomic E-state index is 12.6. The molecule has 1 saturated carbocycles. The molecule has 11 fully saturated rings. The number of carbonyl (C=O) groups is 3. The van der Waals surface area contributed by atoms with Gasteiger partial charge < -0.3 is 101 Å². The predicted molar refractivity (Wildman–Crippen MR) is 478 cm³/mol. The van der Waals surface area contributed by atoms with E-state index in [9.17, 15) is 14.4 Å². The van der Waals surface area contributed by atoms with Gasteiger partial charge in [0.15, 0.2) is 0 Å². The van der Waals surface area contributed by atoms with E-state index in [4.69, 9.17) is 65.5 Å². The summed E-state index contributed by atoms with van der Waals surface area (Å²) in [6, 6.07) is 12.1. The van der Waals surface area contributed by atoms with E-state index in [0.29, 0.717) is 71.2 Å². The summed E-state index contributed by atoms with van der Waals surface area (Å²) in [6.07, 6.45) is 14.7. The van der Waals surface area contributed by atoms with Crippen LogP contribution in [0.1, 0.15) is 193 Å². The highest BCUT2D eigenvalue weighted by molar-refractivity contribution is 6.63. The monoisotopic (exact) mass is 1710 g/mol. The minimum absolute atomic E-state index is 0.0306. The second-order valence-corrected chi connectivity index (χ2v) is 41.3. The molecule has 32 nitrogen and oxygen atoms in total. The Kier molecular flexibility index (Phi) is 28.1. The number of rotatable bonds is 12. The molecule has 674 valence electrons. The minimum Gasteiger partial charge on any atom is -0.444 e. The molecule has 2 unspecified atom stereocenters. The molecule has 0 bridgehead atoms. The maximum atomic E-state index is 12.6. The number of hydrogen-bond donors (Lipinski definition) is 2. The fourth-order valence-corrected chi connectivity index (χ4v) is 14.9. The lowest BCUT2D eigenvalue weighted by Crippen LogP contribution is -2.52. The van der Waals surface area contributed by atoms with Crippen LogP contribution in [0.15, 0.2) is 79.8 Å². The number of pyridine rings is 3. The quantitative estimate of drug-likeness (QED) is 0.128. The van der Waals surface area contributed by atoms with Crippen LogP contribution in [0.2, 0.25) is 0 Å². The summed E-state index contributed by atoms with van der Waals surface area (Å²) in [5, 5.41) is 15.3. The third-order valence-corrected chi connectivity index (χ3v) is 26.4. The van der Waals surface area contributed by atoms with Crippen LogP contribution in [0.3, 0.4) is 0 Å². The molecule has 5 aromatic heterocycles. The molecule has 0 radical (unpaired) electrons. The number of piperazine rings is 3. The molecule has 2 N–H and O–H groups in total. The van der Waals surface area contributed by atoms with E-state index in [-0.39, 0.29) is 89.3 Å². The van der Waals surface area contributed by atoms with Crippen LogP contribution in [0.4, 0.5) is 27.0 Å². The normalized spacial score (nSPS) is 24.9. The highest BCUT2D eigenvalue weighted by Gasteiger charge is 2.57. The van der Waals surface area contributed by atoms with Crippen LogP contribution in [0.25, 0.3) is 0 Å². The molecule has 10 aliphatic heterocycles. The van der Waals surface area contributed by atoms with Gasteiger partial charge >= 0.3 is 47.8 Å². The second-order valence-electron chi connectivity index (χ2n) is 41.3. The summed E-state index contributed by atoms with van der Waals surface area (Å²) in [5.41, 5.74) is 0.381. The fourth-order valence-electron chi connectivity index (χ4n) is 14.9. The van der Waals surface area contributed by atoms with Crippen molar-refractivity contribution in [3.63, 3.8) is 0 Å². The molecule has 11 aliphatic rings. The summed E-state index contributed by atoms with van der Waals surface area (Å²) < 4.78 is 86.7. The summed E-state index contributed by atoms with van der Waals surface area (Å²) in [6.45, 7) is 65.2. The lowest BCUT2D eigenvalue weighted by Gasteiger charge is -2.36. The van der Waals surface area contributed by atoms with E-state index in [1.807, 2.05) is 171 Å². The van der Waals surface area contributed by atoms with Crippen molar-refractivity contribution in [3.05, 3.63) is 79.8 Å². The molecular weight excluding hydrogens is 1570 g/mol. The largest absolute Gasteiger partial charge is 0.498 e. The number of ether oxygens (including phenoxy) is 4. The van der Waals surface area contributed by atoms with Crippen molar-refractivity contribution in [2.75, 3.05) is 127 Å². The van der Waals surface area contributed by atoms with Crippen LogP contribution in [0, 0.1) is 0 Å². The number of hydrogen-bond acceptors (Lipinski definition) is 27. The number of aromatic nitrogens is 7. The van der Waals surface area contributed by atoms with Crippen LogP contribution in [-0.4, -0.2) is 300 Å². The van der Waals surface area contributed by atoms with Gasteiger partial charge in [-0.25, -0.2) is 24.5 Å². The van der Waals surface area contributed by atoms with Gasteiger partial charge in [0, 0.05) is 148 Å². The Balaban J connectivity index is 0.000000141. The van der Waals surface area contributed by atoms with E-state index in [0.717, 1.165) is 97.1 Å². The molecule has 123 heavy (non-hydrogen) atoms. The van der Waals surface area contributed by atoms with Crippen LogP contribution < -0.4 is 52.6 Å². The van der Waals surface area contributed by atoms with Gasteiger partial charge in [0.25, 0.3) is 0 Å². The van der Waals surface area contributed by atoms with E-state index in [1.165, 1.54) is 12.8 Å². The molecule has 1 aliphatic carbocycles. The Morgan fingerprint density at radius 3 is 1.24 bits per heavy atom. The second kappa shape index (κ2) is 36.3. The smallest absolute Gasteiger partial charge is 0.444 e. The van der Waals surface area contributed by atoms with Crippen LogP contribution in [-0.2, 0) is 83.4 Å². The standard InChI is InChI=1S/2C19H32BN3O5.C17H26BN3O2.C16H26BN3O2.C15H22BN3O3/c1-17(2,3)26-16(24)23-8-9-25-13-15(23)12-22-11-14(10-21-22)20-27-18(4,5)19(6,7)28-20;1-17(2,3)26-16(24)22-8-9-25-15(12-22)13-23-11-14(10-21-23)20-27-18(4,5)19(6,7)28-20;1-15(2)16(3,4)23-18(22-15)13-5-6-14(19-11-13)21-10-9-20-17(12-21)7-8-17;1-15(2)16(3,4)22-17(21-15)13-6-7-14(18-12-13)20-10-8-19(5)9-11-20;1-14(2)15(3,4)22-16(21-14)11-5-6-12(18-9-11)19-8-7-17-13(20)10-19/h2*10-11,15H,8-9,12-13H2,1-7H3;5-6,11,20H,7-10,12H2,1-4H3;6-7,12H,8-11H2,1-5H3;5-6,9H,7-8,10H2,1-4H3,(H,17,20). The van der Waals surface area contributed by atoms with Crippen LogP contribution >= 0.6 is 0 Å². The van der Waals surface area contributed by atoms with Crippen molar-refractivity contribution < 1.29 is 79.9 Å².